The number of carbonyl (C=O) groups is 2. The van der Waals surface area contributed by atoms with Gasteiger partial charge in [0, 0.05) is 25.7 Å². The minimum atomic E-state index is -0.565. The number of hydrogen-bond donors (Lipinski definition) is 4. The van der Waals surface area contributed by atoms with E-state index in [-0.39, 0.29) is 24.3 Å². The summed E-state index contributed by atoms with van der Waals surface area (Å²) in [6.45, 7) is 8.12. The predicted molar refractivity (Wildman–Crippen MR) is 147 cm³/mol. The van der Waals surface area contributed by atoms with Crippen molar-refractivity contribution >= 4 is 18.0 Å². The summed E-state index contributed by atoms with van der Waals surface area (Å²) in [5.41, 5.74) is 5.44. The van der Waals surface area contributed by atoms with Crippen LogP contribution in [0.2, 0.25) is 0 Å². The van der Waals surface area contributed by atoms with Gasteiger partial charge >= 0.3 is 5.97 Å². The maximum Gasteiger partial charge on any atom is 0.325 e. The highest BCUT2D eigenvalue weighted by Crippen LogP contribution is 2.21. The van der Waals surface area contributed by atoms with Crippen molar-refractivity contribution in [3.05, 3.63) is 76.9 Å². The Morgan fingerprint density at radius 3 is 2.32 bits per heavy atom. The maximum absolute atomic E-state index is 12.8. The molecule has 0 heterocycles. The van der Waals surface area contributed by atoms with E-state index >= 15 is 0 Å². The normalized spacial score (nSPS) is 15.1. The molecule has 0 unspecified atom stereocenters. The van der Waals surface area contributed by atoms with Gasteiger partial charge in [0.1, 0.15) is 12.1 Å². The minimum Gasteiger partial charge on any atom is -0.461 e. The molecular formula is C30H41N3O5. The molecule has 0 aromatic heterocycles. The zero-order valence-electron chi connectivity index (χ0n) is 22.7. The smallest absolute Gasteiger partial charge is 0.325 e. The largest absolute Gasteiger partial charge is 0.461 e. The molecule has 1 aliphatic rings. The van der Waals surface area contributed by atoms with Gasteiger partial charge in [0.25, 0.3) is 5.91 Å². The number of amides is 1. The van der Waals surface area contributed by atoms with Crippen LogP contribution in [0.4, 0.5) is 0 Å². The number of carbonyl (C=O) groups excluding carboxylic acids is 2. The van der Waals surface area contributed by atoms with Crippen LogP contribution in [-0.4, -0.2) is 41.4 Å². The van der Waals surface area contributed by atoms with Crippen molar-refractivity contribution in [2.24, 2.45) is 0 Å². The molecule has 0 saturated heterocycles. The molecule has 3 rings (SSSR count). The second kappa shape index (κ2) is 14.8. The first kappa shape index (κ1) is 29.5. The molecule has 38 heavy (non-hydrogen) atoms. The van der Waals surface area contributed by atoms with Gasteiger partial charge in [-0.25, -0.2) is 5.48 Å². The van der Waals surface area contributed by atoms with E-state index < -0.39 is 11.9 Å². The molecule has 0 spiro atoms. The Balaban J connectivity index is 1.47. The summed E-state index contributed by atoms with van der Waals surface area (Å²) < 4.78 is 11.6. The third-order valence-electron chi connectivity index (χ3n) is 6.27. The Bertz CT molecular complexity index is 1060. The van der Waals surface area contributed by atoms with Crippen molar-refractivity contribution in [1.29, 1.82) is 0 Å². The Hall–Kier alpha value is -3.04. The van der Waals surface area contributed by atoms with Crippen LogP contribution in [0, 0.1) is 0 Å². The predicted octanol–water partition coefficient (Wildman–Crippen LogP) is 4.25. The lowest BCUT2D eigenvalue weighted by molar-refractivity contribution is -0.154. The number of benzene rings is 2. The molecule has 0 radical (unpaired) electrons. The van der Waals surface area contributed by atoms with E-state index in [9.17, 15) is 9.59 Å². The van der Waals surface area contributed by atoms with Crippen LogP contribution in [0.1, 0.15) is 68.7 Å². The van der Waals surface area contributed by atoms with Crippen molar-refractivity contribution in [2.75, 3.05) is 6.61 Å². The molecule has 1 saturated carbocycles. The Morgan fingerprint density at radius 1 is 1.00 bits per heavy atom. The first-order chi connectivity index (χ1) is 18.2. The first-order valence-corrected chi connectivity index (χ1v) is 13.3. The Morgan fingerprint density at radius 2 is 1.66 bits per heavy atom. The Labute approximate surface area is 225 Å². The molecule has 4 N–H and O–H groups in total. The zero-order chi connectivity index (χ0) is 27.4. The second-order valence-electron chi connectivity index (χ2n) is 10.7. The summed E-state index contributed by atoms with van der Waals surface area (Å²) in [6.07, 6.45) is 7.08. The van der Waals surface area contributed by atoms with Gasteiger partial charge in [-0.05, 0) is 74.8 Å². The standard InChI is InChI=1S/C30H41N3O5/c1-30(2,3)37-21-27(29(35)38-26-9-4-5-10-26)32-20-24-13-11-23(12-14-24)18-31-19-25-8-6-7-22(17-25)15-16-28(34)33-36/h6-8,11-17,26-27,31-32,36H,4-5,9-10,18-21H2,1-3H3,(H,33,34)/b16-15+/t27-/m0/s1. The van der Waals surface area contributed by atoms with Crippen LogP contribution in [0.25, 0.3) is 6.08 Å². The molecule has 2 aromatic rings. The van der Waals surface area contributed by atoms with Crippen molar-refractivity contribution in [3.8, 4) is 0 Å². The maximum atomic E-state index is 12.8. The lowest BCUT2D eigenvalue weighted by Gasteiger charge is -2.25. The fourth-order valence-electron chi connectivity index (χ4n) is 4.18. The molecule has 8 heteroatoms. The number of ether oxygens (including phenoxy) is 2. The molecule has 1 atom stereocenters. The average Bonchev–Trinajstić information content (AvgIpc) is 3.40. The van der Waals surface area contributed by atoms with E-state index in [1.165, 1.54) is 6.08 Å². The van der Waals surface area contributed by atoms with Gasteiger partial charge in [-0.1, -0.05) is 48.5 Å². The summed E-state index contributed by atoms with van der Waals surface area (Å²) in [7, 11) is 0. The van der Waals surface area contributed by atoms with Crippen molar-refractivity contribution in [1.82, 2.24) is 16.1 Å². The molecular weight excluding hydrogens is 482 g/mol. The minimum absolute atomic E-state index is 0.0277. The van der Waals surface area contributed by atoms with Gasteiger partial charge in [0.2, 0.25) is 0 Å². The van der Waals surface area contributed by atoms with Crippen LogP contribution in [0.5, 0.6) is 0 Å². The molecule has 1 fully saturated rings. The van der Waals surface area contributed by atoms with E-state index in [4.69, 9.17) is 14.7 Å². The van der Waals surface area contributed by atoms with Crippen molar-refractivity contribution in [2.45, 2.75) is 83.8 Å². The van der Waals surface area contributed by atoms with Gasteiger partial charge < -0.3 is 14.8 Å². The highest BCUT2D eigenvalue weighted by atomic mass is 16.6. The Kier molecular flexibility index (Phi) is 11.5. The molecule has 0 bridgehead atoms. The fourth-order valence-corrected chi connectivity index (χ4v) is 4.18. The molecule has 8 nitrogen and oxygen atoms in total. The first-order valence-electron chi connectivity index (χ1n) is 13.3. The van der Waals surface area contributed by atoms with Crippen LogP contribution >= 0.6 is 0 Å². The number of hydrogen-bond acceptors (Lipinski definition) is 7. The summed E-state index contributed by atoms with van der Waals surface area (Å²) in [5, 5.41) is 15.4. The summed E-state index contributed by atoms with van der Waals surface area (Å²) in [4.78, 5) is 24.0. The summed E-state index contributed by atoms with van der Waals surface area (Å²) in [5.74, 6) is -0.803. The third-order valence-corrected chi connectivity index (χ3v) is 6.27. The molecule has 206 valence electrons. The van der Waals surface area contributed by atoms with E-state index in [1.54, 1.807) is 11.6 Å². The van der Waals surface area contributed by atoms with E-state index in [0.717, 1.165) is 47.9 Å². The molecule has 2 aromatic carbocycles. The van der Waals surface area contributed by atoms with Crippen LogP contribution < -0.4 is 16.1 Å². The lowest BCUT2D eigenvalue weighted by atomic mass is 10.1. The monoisotopic (exact) mass is 523 g/mol. The summed E-state index contributed by atoms with van der Waals surface area (Å²) >= 11 is 0. The SMILES string of the molecule is CC(C)(C)OC[C@H](NCc1ccc(CNCc2cccc(/C=C/C(=O)NO)c2)cc1)C(=O)OC1CCCC1. The molecule has 1 amide bonds. The third kappa shape index (κ3) is 10.8. The van der Waals surface area contributed by atoms with E-state index in [2.05, 4.69) is 34.9 Å². The lowest BCUT2D eigenvalue weighted by Crippen LogP contribution is -2.44. The van der Waals surface area contributed by atoms with Crippen LogP contribution in [-0.2, 0) is 38.7 Å². The van der Waals surface area contributed by atoms with Gasteiger partial charge in [0.15, 0.2) is 0 Å². The second-order valence-corrected chi connectivity index (χ2v) is 10.7. The average molecular weight is 524 g/mol. The zero-order valence-corrected chi connectivity index (χ0v) is 22.7. The highest BCUT2D eigenvalue weighted by Gasteiger charge is 2.27. The van der Waals surface area contributed by atoms with E-state index in [0.29, 0.717) is 19.6 Å². The van der Waals surface area contributed by atoms with Gasteiger partial charge in [-0.2, -0.15) is 0 Å². The highest BCUT2D eigenvalue weighted by molar-refractivity contribution is 5.90. The van der Waals surface area contributed by atoms with Gasteiger partial charge in [-0.15, -0.1) is 0 Å². The van der Waals surface area contributed by atoms with Crippen molar-refractivity contribution < 1.29 is 24.3 Å². The molecule has 0 aliphatic heterocycles. The number of esters is 1. The number of nitrogens with one attached hydrogen (secondary N) is 3. The topological polar surface area (TPSA) is 109 Å². The van der Waals surface area contributed by atoms with Crippen LogP contribution in [0.3, 0.4) is 0 Å². The number of hydroxylamine groups is 1. The quantitative estimate of drug-likeness (QED) is 0.134. The fraction of sp³-hybridized carbons (Fsp3) is 0.467. The van der Waals surface area contributed by atoms with Gasteiger partial charge in [0.05, 0.1) is 12.2 Å². The summed E-state index contributed by atoms with van der Waals surface area (Å²) in [6, 6.07) is 15.6. The van der Waals surface area contributed by atoms with E-state index in [1.807, 2.05) is 45.0 Å². The van der Waals surface area contributed by atoms with Crippen molar-refractivity contribution in [3.63, 3.8) is 0 Å². The number of rotatable bonds is 13. The molecule has 1 aliphatic carbocycles. The van der Waals surface area contributed by atoms with Crippen LogP contribution in [0.15, 0.2) is 54.6 Å². The van der Waals surface area contributed by atoms with Gasteiger partial charge in [-0.3, -0.25) is 20.1 Å².